The Balaban J connectivity index is 1.03. The second-order valence-corrected chi connectivity index (χ2v) is 15.7. The molecule has 0 bridgehead atoms. The molecule has 45 heavy (non-hydrogen) atoms. The van der Waals surface area contributed by atoms with Gasteiger partial charge in [0, 0.05) is 67.1 Å². The molecule has 0 aliphatic carbocycles. The van der Waals surface area contributed by atoms with Crippen molar-refractivity contribution in [3.63, 3.8) is 0 Å². The number of thiophene rings is 1. The number of hydrogen-bond donors (Lipinski definition) is 1. The average Bonchev–Trinajstić information content (AvgIpc) is 3.79. The molecule has 3 aromatic rings. The van der Waals surface area contributed by atoms with Crippen molar-refractivity contribution in [1.29, 1.82) is 0 Å². The van der Waals surface area contributed by atoms with Crippen LogP contribution in [0.25, 0.3) is 10.1 Å². The van der Waals surface area contributed by atoms with Crippen LogP contribution in [0.1, 0.15) is 42.5 Å². The number of halogens is 1. The van der Waals surface area contributed by atoms with Crippen LogP contribution in [0.3, 0.4) is 0 Å². The summed E-state index contributed by atoms with van der Waals surface area (Å²) < 4.78 is 29.9. The monoisotopic (exact) mass is 671 g/mol. The second-order valence-electron chi connectivity index (χ2n) is 12.2. The first-order valence-electron chi connectivity index (χ1n) is 15.4. The summed E-state index contributed by atoms with van der Waals surface area (Å²) in [5, 5.41) is 1.25. The van der Waals surface area contributed by atoms with E-state index in [4.69, 9.17) is 11.6 Å². The molecular formula is C32H38ClN5O5S2. The molecule has 240 valence electrons. The number of likely N-dealkylation sites (N-methyl/N-ethyl adjacent to an activating group) is 1. The Hall–Kier alpha value is -3.03. The van der Waals surface area contributed by atoms with E-state index >= 15 is 0 Å². The fourth-order valence-corrected chi connectivity index (χ4v) is 9.52. The fraction of sp³-hybridized carbons (Fsp3) is 0.469. The fourth-order valence-electron chi connectivity index (χ4n) is 6.72. The van der Waals surface area contributed by atoms with Crippen LogP contribution >= 0.6 is 22.9 Å². The number of carbonyl (C=O) groups excluding carboxylic acids is 3. The minimum atomic E-state index is -3.94. The zero-order chi connectivity index (χ0) is 31.7. The highest BCUT2D eigenvalue weighted by Crippen LogP contribution is 2.31. The van der Waals surface area contributed by atoms with Gasteiger partial charge in [0.2, 0.25) is 11.8 Å². The van der Waals surface area contributed by atoms with Crippen LogP contribution in [0.2, 0.25) is 5.02 Å². The zero-order valence-electron chi connectivity index (χ0n) is 25.2. The molecular weight excluding hydrogens is 634 g/mol. The Bertz CT molecular complexity index is 1680. The number of hydrogen-bond acceptors (Lipinski definition) is 7. The van der Waals surface area contributed by atoms with Crippen molar-refractivity contribution in [2.24, 2.45) is 0 Å². The van der Waals surface area contributed by atoms with Crippen molar-refractivity contribution in [3.8, 4) is 0 Å². The van der Waals surface area contributed by atoms with E-state index in [1.165, 1.54) is 4.90 Å². The van der Waals surface area contributed by atoms with Gasteiger partial charge in [-0.3, -0.25) is 19.3 Å². The lowest BCUT2D eigenvalue weighted by Gasteiger charge is -2.35. The lowest BCUT2D eigenvalue weighted by Crippen LogP contribution is -2.55. The summed E-state index contributed by atoms with van der Waals surface area (Å²) >= 11 is 7.19. The molecule has 3 aliphatic rings. The molecule has 1 unspecified atom stereocenters. The van der Waals surface area contributed by atoms with Crippen LogP contribution in [0.5, 0.6) is 0 Å². The van der Waals surface area contributed by atoms with Gasteiger partial charge >= 0.3 is 0 Å². The summed E-state index contributed by atoms with van der Waals surface area (Å²) in [6, 6.07) is 15.3. The highest BCUT2D eigenvalue weighted by atomic mass is 35.5. The Morgan fingerprint density at radius 3 is 2.60 bits per heavy atom. The summed E-state index contributed by atoms with van der Waals surface area (Å²) in [5.74, 6) is -0.463. The summed E-state index contributed by atoms with van der Waals surface area (Å²) in [6.07, 6.45) is 3.65. The lowest BCUT2D eigenvalue weighted by atomic mass is 10.1. The van der Waals surface area contributed by atoms with Crippen molar-refractivity contribution in [1.82, 2.24) is 24.3 Å². The SMILES string of the molecule is CN(C(=O)c1ccccc1)C1CCN(C[C@@H]2CCCN2C(=O)CN2CCC[C@H](NS(=O)(=O)c3cc4cc(Cl)ccc4s3)C2=O)C1. The largest absolute Gasteiger partial charge is 0.337 e. The van der Waals surface area contributed by atoms with Crippen LogP contribution in [0.4, 0.5) is 0 Å². The molecule has 4 heterocycles. The second kappa shape index (κ2) is 13.4. The van der Waals surface area contributed by atoms with E-state index in [2.05, 4.69) is 9.62 Å². The van der Waals surface area contributed by atoms with E-state index in [9.17, 15) is 22.8 Å². The standard InChI is InChI=1S/C32H38ClN5O5S2/c1-35(31(40)22-7-3-2-4-8-22)25-13-16-36(19-25)20-26-9-5-15-38(26)29(39)21-37-14-6-10-27(32(37)41)34-45(42,43)30-18-23-17-24(33)11-12-28(23)44-30/h2-4,7-8,11-12,17-18,25-27,34H,5-6,9-10,13-16,19-21H2,1H3/t25?,26-,27-/m0/s1. The number of piperidine rings is 1. The Morgan fingerprint density at radius 1 is 1.02 bits per heavy atom. The van der Waals surface area contributed by atoms with E-state index in [0.29, 0.717) is 36.5 Å². The van der Waals surface area contributed by atoms with Crippen molar-refractivity contribution >= 4 is 60.8 Å². The third-order valence-electron chi connectivity index (χ3n) is 9.18. The number of nitrogens with one attached hydrogen (secondary N) is 1. The molecule has 3 aliphatic heterocycles. The molecule has 3 atom stereocenters. The maximum atomic E-state index is 13.5. The van der Waals surface area contributed by atoms with Gasteiger partial charge in [-0.25, -0.2) is 8.42 Å². The molecule has 0 saturated carbocycles. The van der Waals surface area contributed by atoms with Crippen molar-refractivity contribution in [2.45, 2.75) is 54.4 Å². The van der Waals surface area contributed by atoms with E-state index in [0.717, 1.165) is 60.3 Å². The molecule has 0 radical (unpaired) electrons. The van der Waals surface area contributed by atoms with Gasteiger partial charge in [-0.2, -0.15) is 4.72 Å². The molecule has 1 N–H and O–H groups in total. The quantitative estimate of drug-likeness (QED) is 0.372. The number of amides is 3. The van der Waals surface area contributed by atoms with E-state index in [-0.39, 0.29) is 40.6 Å². The number of fused-ring (bicyclic) bond motifs is 1. The van der Waals surface area contributed by atoms with Crippen LogP contribution in [0, 0.1) is 0 Å². The summed E-state index contributed by atoms with van der Waals surface area (Å²) in [7, 11) is -2.08. The maximum Gasteiger partial charge on any atom is 0.253 e. The van der Waals surface area contributed by atoms with Gasteiger partial charge in [0.05, 0.1) is 6.54 Å². The minimum absolute atomic E-state index is 0.0145. The predicted octanol–water partition coefficient (Wildman–Crippen LogP) is 3.66. The number of likely N-dealkylation sites (tertiary alicyclic amines) is 3. The molecule has 10 nitrogen and oxygen atoms in total. The van der Waals surface area contributed by atoms with Crippen LogP contribution in [-0.2, 0) is 19.6 Å². The van der Waals surface area contributed by atoms with Crippen molar-refractivity contribution in [3.05, 3.63) is 65.2 Å². The predicted molar refractivity (Wildman–Crippen MR) is 175 cm³/mol. The highest BCUT2D eigenvalue weighted by Gasteiger charge is 2.38. The van der Waals surface area contributed by atoms with Crippen molar-refractivity contribution in [2.75, 3.05) is 46.3 Å². The minimum Gasteiger partial charge on any atom is -0.337 e. The Morgan fingerprint density at radius 2 is 1.80 bits per heavy atom. The van der Waals surface area contributed by atoms with Crippen LogP contribution in [-0.4, -0.2) is 110 Å². The average molecular weight is 672 g/mol. The smallest absolute Gasteiger partial charge is 0.253 e. The molecule has 3 fully saturated rings. The van der Waals surface area contributed by atoms with Gasteiger partial charge in [0.15, 0.2) is 0 Å². The number of benzene rings is 2. The molecule has 3 saturated heterocycles. The number of carbonyl (C=O) groups is 3. The molecule has 3 amide bonds. The summed E-state index contributed by atoms with van der Waals surface area (Å²) in [6.45, 7) is 3.33. The first-order chi connectivity index (χ1) is 21.6. The molecule has 2 aromatic carbocycles. The van der Waals surface area contributed by atoms with Gasteiger partial charge in [-0.15, -0.1) is 11.3 Å². The van der Waals surface area contributed by atoms with Crippen molar-refractivity contribution < 1.29 is 22.8 Å². The van der Waals surface area contributed by atoms with Gasteiger partial charge in [0.25, 0.3) is 15.9 Å². The number of nitrogens with zero attached hydrogens (tertiary/aromatic N) is 4. The molecule has 6 rings (SSSR count). The first kappa shape index (κ1) is 31.9. The number of sulfonamides is 1. The normalized spacial score (nSPS) is 22.8. The Labute approximate surface area is 272 Å². The number of rotatable bonds is 9. The van der Waals surface area contributed by atoms with E-state index in [1.54, 1.807) is 24.3 Å². The first-order valence-corrected chi connectivity index (χ1v) is 18.1. The third kappa shape index (κ3) is 7.05. The summed E-state index contributed by atoms with van der Waals surface area (Å²) in [5.41, 5.74) is 0.679. The van der Waals surface area contributed by atoms with Crippen LogP contribution < -0.4 is 4.72 Å². The zero-order valence-corrected chi connectivity index (χ0v) is 27.6. The van der Waals surface area contributed by atoms with Gasteiger partial charge in [-0.05, 0) is 73.9 Å². The van der Waals surface area contributed by atoms with E-state index in [1.807, 2.05) is 47.2 Å². The van der Waals surface area contributed by atoms with Gasteiger partial charge in [-0.1, -0.05) is 29.8 Å². The topological polar surface area (TPSA) is 110 Å². The molecule has 0 spiro atoms. The Kier molecular flexibility index (Phi) is 9.49. The molecule has 13 heteroatoms. The molecule has 1 aromatic heterocycles. The lowest BCUT2D eigenvalue weighted by molar-refractivity contribution is -0.143. The van der Waals surface area contributed by atoms with Gasteiger partial charge in [0.1, 0.15) is 10.3 Å². The van der Waals surface area contributed by atoms with E-state index < -0.39 is 16.1 Å². The maximum absolute atomic E-state index is 13.5. The van der Waals surface area contributed by atoms with Crippen LogP contribution in [0.15, 0.2) is 58.8 Å². The summed E-state index contributed by atoms with van der Waals surface area (Å²) in [4.78, 5) is 47.4. The third-order valence-corrected chi connectivity index (χ3v) is 12.5. The van der Waals surface area contributed by atoms with Gasteiger partial charge < -0.3 is 14.7 Å². The highest BCUT2D eigenvalue weighted by molar-refractivity contribution is 7.91.